The quantitative estimate of drug-likeness (QED) is 0.763. The smallest absolute Gasteiger partial charge is 0.259 e. The van der Waals surface area contributed by atoms with Gasteiger partial charge < -0.3 is 15.0 Å². The van der Waals surface area contributed by atoms with Crippen molar-refractivity contribution in [2.75, 3.05) is 36.5 Å². The molecule has 4 heterocycles. The second-order valence-electron chi connectivity index (χ2n) is 6.18. The van der Waals surface area contributed by atoms with Gasteiger partial charge in [0, 0.05) is 31.7 Å². The molecular formula is C19H20N6O2. The summed E-state index contributed by atoms with van der Waals surface area (Å²) in [5, 5.41) is 2.90. The van der Waals surface area contributed by atoms with Gasteiger partial charge in [-0.05, 0) is 31.2 Å². The number of nitrogens with zero attached hydrogens (tertiary/aromatic N) is 5. The molecule has 0 unspecified atom stereocenters. The maximum absolute atomic E-state index is 12.8. The predicted molar refractivity (Wildman–Crippen MR) is 101 cm³/mol. The molecule has 1 N–H and O–H groups in total. The number of amides is 1. The van der Waals surface area contributed by atoms with Crippen LogP contribution in [0, 0.1) is 6.92 Å². The van der Waals surface area contributed by atoms with Gasteiger partial charge in [-0.1, -0.05) is 0 Å². The van der Waals surface area contributed by atoms with E-state index in [0.717, 1.165) is 24.7 Å². The summed E-state index contributed by atoms with van der Waals surface area (Å²) >= 11 is 0. The number of pyridine rings is 2. The third kappa shape index (κ3) is 3.65. The van der Waals surface area contributed by atoms with Crippen LogP contribution in [-0.4, -0.2) is 51.7 Å². The molecule has 0 aliphatic carbocycles. The lowest BCUT2D eigenvalue weighted by Crippen LogP contribution is -2.38. The first-order chi connectivity index (χ1) is 13.2. The molecule has 0 saturated carbocycles. The number of aromatic nitrogens is 4. The predicted octanol–water partition coefficient (Wildman–Crippen LogP) is 2.06. The summed E-state index contributed by atoms with van der Waals surface area (Å²) in [4.78, 5) is 27.9. The summed E-state index contributed by atoms with van der Waals surface area (Å²) in [6.45, 7) is 4.62. The Balaban J connectivity index is 1.52. The number of hydrogen-bond donors (Lipinski definition) is 1. The third-order valence-electron chi connectivity index (χ3n) is 4.42. The summed E-state index contributed by atoms with van der Waals surface area (Å²) < 4.78 is 7.26. The molecule has 8 nitrogen and oxygen atoms in total. The Morgan fingerprint density at radius 3 is 2.67 bits per heavy atom. The van der Waals surface area contributed by atoms with Crippen molar-refractivity contribution in [2.24, 2.45) is 0 Å². The molecule has 1 amide bonds. The topological polar surface area (TPSA) is 85.2 Å². The molecule has 0 aromatic carbocycles. The number of carbonyl (C=O) groups is 1. The van der Waals surface area contributed by atoms with E-state index in [9.17, 15) is 4.79 Å². The molecule has 3 aromatic rings. The van der Waals surface area contributed by atoms with Gasteiger partial charge in [0.15, 0.2) is 0 Å². The summed E-state index contributed by atoms with van der Waals surface area (Å²) in [7, 11) is 0. The zero-order valence-electron chi connectivity index (χ0n) is 15.0. The van der Waals surface area contributed by atoms with Crippen molar-refractivity contribution in [1.82, 2.24) is 19.5 Å². The Hall–Kier alpha value is -3.26. The summed E-state index contributed by atoms with van der Waals surface area (Å²) in [6, 6.07) is 7.21. The fraction of sp³-hybridized carbons (Fsp3) is 0.263. The monoisotopic (exact) mass is 364 g/mol. The number of carbonyl (C=O) groups excluding carboxylic acids is 1. The number of hydrogen-bond acceptors (Lipinski definition) is 6. The molecule has 27 heavy (non-hydrogen) atoms. The van der Waals surface area contributed by atoms with Crippen molar-refractivity contribution in [1.29, 1.82) is 0 Å². The molecule has 138 valence electrons. The Morgan fingerprint density at radius 2 is 1.96 bits per heavy atom. The van der Waals surface area contributed by atoms with Crippen LogP contribution < -0.4 is 10.2 Å². The van der Waals surface area contributed by atoms with E-state index in [1.165, 1.54) is 0 Å². The van der Waals surface area contributed by atoms with Crippen molar-refractivity contribution in [3.63, 3.8) is 0 Å². The number of anilines is 2. The van der Waals surface area contributed by atoms with Gasteiger partial charge in [-0.15, -0.1) is 0 Å². The highest BCUT2D eigenvalue weighted by atomic mass is 16.5. The highest BCUT2D eigenvalue weighted by Crippen LogP contribution is 2.20. The molecule has 1 fully saturated rings. The maximum atomic E-state index is 12.8. The number of aryl methyl sites for hydroxylation is 1. The first-order valence-corrected chi connectivity index (χ1v) is 8.78. The molecule has 0 bridgehead atoms. The zero-order chi connectivity index (χ0) is 18.6. The second-order valence-corrected chi connectivity index (χ2v) is 6.18. The highest BCUT2D eigenvalue weighted by molar-refractivity contribution is 6.07. The van der Waals surface area contributed by atoms with Gasteiger partial charge in [0.05, 0.1) is 30.7 Å². The average Bonchev–Trinajstić information content (AvgIpc) is 3.15. The Labute approximate surface area is 156 Å². The van der Waals surface area contributed by atoms with Crippen LogP contribution in [0.15, 0.2) is 49.1 Å². The van der Waals surface area contributed by atoms with E-state index in [1.54, 1.807) is 30.7 Å². The molecular weight excluding hydrogens is 344 g/mol. The fourth-order valence-corrected chi connectivity index (χ4v) is 3.02. The highest BCUT2D eigenvalue weighted by Gasteiger charge is 2.20. The average molecular weight is 364 g/mol. The van der Waals surface area contributed by atoms with Gasteiger partial charge in [0.2, 0.25) is 0 Å². The summed E-state index contributed by atoms with van der Waals surface area (Å²) in [5.41, 5.74) is 1.16. The van der Waals surface area contributed by atoms with Crippen LogP contribution in [-0.2, 0) is 4.74 Å². The van der Waals surface area contributed by atoms with E-state index >= 15 is 0 Å². The summed E-state index contributed by atoms with van der Waals surface area (Å²) in [5.74, 6) is 2.07. The zero-order valence-corrected chi connectivity index (χ0v) is 15.0. The molecule has 0 spiro atoms. The Morgan fingerprint density at radius 1 is 1.11 bits per heavy atom. The van der Waals surface area contributed by atoms with E-state index in [2.05, 4.69) is 25.2 Å². The van der Waals surface area contributed by atoms with Gasteiger partial charge in [-0.25, -0.2) is 15.0 Å². The lowest BCUT2D eigenvalue weighted by atomic mass is 10.2. The molecule has 1 aliphatic rings. The van der Waals surface area contributed by atoms with E-state index in [4.69, 9.17) is 4.74 Å². The number of ether oxygens (including phenoxy) is 1. The fourth-order valence-electron chi connectivity index (χ4n) is 3.02. The van der Waals surface area contributed by atoms with Crippen molar-refractivity contribution >= 4 is 17.4 Å². The van der Waals surface area contributed by atoms with E-state index in [-0.39, 0.29) is 5.91 Å². The SMILES string of the molecule is Cc1nccn1-c1ccc(NC(=O)c2cccnc2N2CCOCC2)cn1. The number of morpholine rings is 1. The largest absolute Gasteiger partial charge is 0.378 e. The van der Waals surface area contributed by atoms with Gasteiger partial charge in [0.1, 0.15) is 17.5 Å². The number of rotatable bonds is 4. The van der Waals surface area contributed by atoms with E-state index < -0.39 is 0 Å². The van der Waals surface area contributed by atoms with E-state index in [1.807, 2.05) is 29.8 Å². The van der Waals surface area contributed by atoms with Crippen molar-refractivity contribution in [2.45, 2.75) is 6.92 Å². The molecule has 3 aromatic heterocycles. The number of imidazole rings is 1. The van der Waals surface area contributed by atoms with Crippen molar-refractivity contribution in [3.05, 3.63) is 60.4 Å². The van der Waals surface area contributed by atoms with Gasteiger partial charge >= 0.3 is 0 Å². The standard InChI is InChI=1S/C19H20N6O2/c1-14-20-7-8-25(14)17-5-4-15(13-22-17)23-19(26)16-3-2-6-21-18(16)24-9-11-27-12-10-24/h2-8,13H,9-12H2,1H3,(H,23,26). The first-order valence-electron chi connectivity index (χ1n) is 8.78. The lowest BCUT2D eigenvalue weighted by molar-refractivity contribution is 0.102. The van der Waals surface area contributed by atoms with Crippen LogP contribution in [0.3, 0.4) is 0 Å². The minimum Gasteiger partial charge on any atom is -0.378 e. The second kappa shape index (κ2) is 7.55. The molecule has 0 atom stereocenters. The van der Waals surface area contributed by atoms with Crippen LogP contribution >= 0.6 is 0 Å². The maximum Gasteiger partial charge on any atom is 0.259 e. The van der Waals surface area contributed by atoms with Crippen LogP contribution in [0.1, 0.15) is 16.2 Å². The van der Waals surface area contributed by atoms with Crippen LogP contribution in [0.5, 0.6) is 0 Å². The number of nitrogens with one attached hydrogen (secondary N) is 1. The normalized spacial score (nSPS) is 14.2. The van der Waals surface area contributed by atoms with Crippen molar-refractivity contribution < 1.29 is 9.53 Å². The minimum atomic E-state index is -0.210. The lowest BCUT2D eigenvalue weighted by Gasteiger charge is -2.29. The molecule has 0 radical (unpaired) electrons. The molecule has 8 heteroatoms. The molecule has 1 aliphatic heterocycles. The van der Waals surface area contributed by atoms with Crippen LogP contribution in [0.2, 0.25) is 0 Å². The van der Waals surface area contributed by atoms with Gasteiger partial charge in [-0.2, -0.15) is 0 Å². The molecule has 1 saturated heterocycles. The van der Waals surface area contributed by atoms with Gasteiger partial charge in [-0.3, -0.25) is 9.36 Å². The molecule has 4 rings (SSSR count). The Kier molecular flexibility index (Phi) is 4.80. The van der Waals surface area contributed by atoms with Crippen molar-refractivity contribution in [3.8, 4) is 5.82 Å². The van der Waals surface area contributed by atoms with Crippen LogP contribution in [0.4, 0.5) is 11.5 Å². The van der Waals surface area contributed by atoms with E-state index in [0.29, 0.717) is 30.3 Å². The minimum absolute atomic E-state index is 0.210. The third-order valence-corrected chi connectivity index (χ3v) is 4.42. The van der Waals surface area contributed by atoms with Gasteiger partial charge in [0.25, 0.3) is 5.91 Å². The van der Waals surface area contributed by atoms with Crippen LogP contribution in [0.25, 0.3) is 5.82 Å². The summed E-state index contributed by atoms with van der Waals surface area (Å²) in [6.07, 6.45) is 6.91. The first kappa shape index (κ1) is 17.2. The Bertz CT molecular complexity index is 931.